The van der Waals surface area contributed by atoms with Gasteiger partial charge in [-0.3, -0.25) is 0 Å². The van der Waals surface area contributed by atoms with Crippen LogP contribution in [0.1, 0.15) is 23.0 Å². The van der Waals surface area contributed by atoms with Gasteiger partial charge in [0.2, 0.25) is 0 Å². The zero-order valence-electron chi connectivity index (χ0n) is 11.3. The summed E-state index contributed by atoms with van der Waals surface area (Å²) in [4.78, 5) is 4.23. The number of nitrogens with zero attached hydrogens (tertiary/aromatic N) is 2. The van der Waals surface area contributed by atoms with Crippen molar-refractivity contribution in [1.29, 1.82) is 0 Å². The van der Waals surface area contributed by atoms with E-state index >= 15 is 0 Å². The highest BCUT2D eigenvalue weighted by Gasteiger charge is 2.30. The number of nitrogens with one attached hydrogen (secondary N) is 1. The smallest absolute Gasteiger partial charge is 0.338 e. The Kier molecular flexibility index (Phi) is 4.13. The van der Waals surface area contributed by atoms with Gasteiger partial charge >= 0.3 is 6.18 Å². The molecule has 1 unspecified atom stereocenters. The summed E-state index contributed by atoms with van der Waals surface area (Å²) in [6.07, 6.45) is -0.137. The Bertz CT molecular complexity index is 558. The van der Waals surface area contributed by atoms with Crippen molar-refractivity contribution in [2.75, 3.05) is 7.05 Å². The topological polar surface area (TPSA) is 29.9 Å². The average molecular weight is 283 g/mol. The minimum atomic E-state index is -4.30. The predicted octanol–water partition coefficient (Wildman–Crippen LogP) is 2.94. The van der Waals surface area contributed by atoms with Crippen molar-refractivity contribution in [3.8, 4) is 0 Å². The maximum Gasteiger partial charge on any atom is 0.416 e. The van der Waals surface area contributed by atoms with E-state index in [1.807, 2.05) is 17.8 Å². The molecule has 0 fully saturated rings. The lowest BCUT2D eigenvalue weighted by Gasteiger charge is -2.17. The Morgan fingerprint density at radius 2 is 1.90 bits per heavy atom. The molecule has 1 N–H and O–H groups in total. The molecule has 20 heavy (non-hydrogen) atoms. The van der Waals surface area contributed by atoms with E-state index in [0.717, 1.165) is 23.5 Å². The molecule has 6 heteroatoms. The molecule has 108 valence electrons. The van der Waals surface area contributed by atoms with Crippen molar-refractivity contribution in [3.63, 3.8) is 0 Å². The van der Waals surface area contributed by atoms with Crippen LogP contribution in [0.5, 0.6) is 0 Å². The first kappa shape index (κ1) is 14.6. The van der Waals surface area contributed by atoms with Gasteiger partial charge in [-0.1, -0.05) is 12.1 Å². The lowest BCUT2D eigenvalue weighted by molar-refractivity contribution is -0.137. The Labute approximate surface area is 115 Å². The van der Waals surface area contributed by atoms with Crippen molar-refractivity contribution in [2.45, 2.75) is 18.6 Å². The number of aryl methyl sites for hydroxylation is 1. The molecule has 0 aliphatic carbocycles. The van der Waals surface area contributed by atoms with E-state index in [4.69, 9.17) is 0 Å². The number of halogens is 3. The van der Waals surface area contributed by atoms with Crippen LogP contribution in [0.3, 0.4) is 0 Å². The third kappa shape index (κ3) is 3.19. The number of benzene rings is 1. The minimum Gasteiger partial charge on any atom is -0.338 e. The van der Waals surface area contributed by atoms with Gasteiger partial charge in [0.1, 0.15) is 5.82 Å². The third-order valence-electron chi connectivity index (χ3n) is 3.30. The SMILES string of the molecule is CNC(Cc1nccn1C)c1ccc(C(F)(F)F)cc1. The van der Waals surface area contributed by atoms with Gasteiger partial charge in [-0.15, -0.1) is 0 Å². The molecule has 2 aromatic rings. The van der Waals surface area contributed by atoms with Crippen molar-refractivity contribution in [2.24, 2.45) is 7.05 Å². The fraction of sp³-hybridized carbons (Fsp3) is 0.357. The van der Waals surface area contributed by atoms with E-state index in [1.54, 1.807) is 13.2 Å². The van der Waals surface area contributed by atoms with Crippen molar-refractivity contribution >= 4 is 0 Å². The summed E-state index contributed by atoms with van der Waals surface area (Å²) in [7, 11) is 3.67. The number of aromatic nitrogens is 2. The van der Waals surface area contributed by atoms with Crippen LogP contribution in [0.2, 0.25) is 0 Å². The molecule has 0 saturated heterocycles. The molecule has 0 aliphatic rings. The van der Waals surface area contributed by atoms with E-state index in [0.29, 0.717) is 6.42 Å². The average Bonchev–Trinajstić information content (AvgIpc) is 2.80. The summed E-state index contributed by atoms with van der Waals surface area (Å²) in [6, 6.07) is 5.16. The van der Waals surface area contributed by atoms with E-state index in [9.17, 15) is 13.2 Å². The number of alkyl halides is 3. The van der Waals surface area contributed by atoms with Crippen LogP contribution in [0, 0.1) is 0 Å². The predicted molar refractivity (Wildman–Crippen MR) is 70.2 cm³/mol. The molecule has 1 aromatic heterocycles. The van der Waals surface area contributed by atoms with Gasteiger partial charge < -0.3 is 9.88 Å². The maximum absolute atomic E-state index is 12.5. The molecule has 0 amide bonds. The van der Waals surface area contributed by atoms with Crippen LogP contribution in [0.4, 0.5) is 13.2 Å². The number of likely N-dealkylation sites (N-methyl/N-ethyl adjacent to an activating group) is 1. The first-order valence-electron chi connectivity index (χ1n) is 6.22. The second-order valence-corrected chi connectivity index (χ2v) is 4.62. The Balaban J connectivity index is 2.18. The highest BCUT2D eigenvalue weighted by Crippen LogP contribution is 2.30. The molecule has 1 heterocycles. The Morgan fingerprint density at radius 3 is 2.35 bits per heavy atom. The first-order chi connectivity index (χ1) is 9.41. The lowest BCUT2D eigenvalue weighted by atomic mass is 10.0. The molecule has 2 rings (SSSR count). The van der Waals surface area contributed by atoms with Gasteiger partial charge in [0.05, 0.1) is 5.56 Å². The number of rotatable bonds is 4. The molecule has 0 spiro atoms. The summed E-state index contributed by atoms with van der Waals surface area (Å²) in [5.41, 5.74) is 0.177. The summed E-state index contributed by atoms with van der Waals surface area (Å²) in [5, 5.41) is 3.11. The molecule has 3 nitrogen and oxygen atoms in total. The molecule has 0 aliphatic heterocycles. The lowest BCUT2D eigenvalue weighted by Crippen LogP contribution is -2.20. The van der Waals surface area contributed by atoms with E-state index < -0.39 is 11.7 Å². The normalized spacial score (nSPS) is 13.4. The van der Waals surface area contributed by atoms with Gasteiger partial charge in [-0.2, -0.15) is 13.2 Å². The van der Waals surface area contributed by atoms with Crippen molar-refractivity contribution < 1.29 is 13.2 Å². The van der Waals surface area contributed by atoms with Crippen molar-refractivity contribution in [1.82, 2.24) is 14.9 Å². The Morgan fingerprint density at radius 1 is 1.25 bits per heavy atom. The largest absolute Gasteiger partial charge is 0.416 e. The summed E-state index contributed by atoms with van der Waals surface area (Å²) >= 11 is 0. The molecular weight excluding hydrogens is 267 g/mol. The molecule has 0 saturated carbocycles. The van der Waals surface area contributed by atoms with Crippen LogP contribution in [-0.2, 0) is 19.6 Å². The Hall–Kier alpha value is -1.82. The first-order valence-corrected chi connectivity index (χ1v) is 6.22. The minimum absolute atomic E-state index is 0.0709. The quantitative estimate of drug-likeness (QED) is 0.935. The number of imidazole rings is 1. The fourth-order valence-electron chi connectivity index (χ4n) is 2.07. The fourth-order valence-corrected chi connectivity index (χ4v) is 2.07. The molecule has 0 bridgehead atoms. The monoisotopic (exact) mass is 283 g/mol. The summed E-state index contributed by atoms with van der Waals surface area (Å²) in [6.45, 7) is 0. The van der Waals surface area contributed by atoms with Crippen LogP contribution in [-0.4, -0.2) is 16.6 Å². The second kappa shape index (κ2) is 5.66. The van der Waals surface area contributed by atoms with Gasteiger partial charge in [0.15, 0.2) is 0 Å². The van der Waals surface area contributed by atoms with Crippen molar-refractivity contribution in [3.05, 3.63) is 53.6 Å². The van der Waals surface area contributed by atoms with Crippen LogP contribution in [0.25, 0.3) is 0 Å². The molecule has 1 aromatic carbocycles. The second-order valence-electron chi connectivity index (χ2n) is 4.62. The standard InChI is InChI=1S/C14H16F3N3/c1-18-12(9-13-19-7-8-20(13)2)10-3-5-11(6-4-10)14(15,16)17/h3-8,12,18H,9H2,1-2H3. The van der Waals surface area contributed by atoms with Gasteiger partial charge in [0.25, 0.3) is 0 Å². The molecule has 0 radical (unpaired) electrons. The van der Waals surface area contributed by atoms with E-state index in [-0.39, 0.29) is 6.04 Å². The van der Waals surface area contributed by atoms with Crippen LogP contribution >= 0.6 is 0 Å². The van der Waals surface area contributed by atoms with E-state index in [2.05, 4.69) is 10.3 Å². The molecule has 1 atom stereocenters. The summed E-state index contributed by atoms with van der Waals surface area (Å²) < 4.78 is 39.5. The number of hydrogen-bond donors (Lipinski definition) is 1. The van der Waals surface area contributed by atoms with E-state index in [1.165, 1.54) is 12.1 Å². The highest BCUT2D eigenvalue weighted by molar-refractivity contribution is 5.27. The molecular formula is C14H16F3N3. The zero-order chi connectivity index (χ0) is 14.8. The van der Waals surface area contributed by atoms with Crippen LogP contribution < -0.4 is 5.32 Å². The van der Waals surface area contributed by atoms with Gasteiger partial charge in [-0.25, -0.2) is 4.98 Å². The number of hydrogen-bond acceptors (Lipinski definition) is 2. The third-order valence-corrected chi connectivity index (χ3v) is 3.30. The zero-order valence-corrected chi connectivity index (χ0v) is 11.3. The van der Waals surface area contributed by atoms with Gasteiger partial charge in [0, 0.05) is 31.9 Å². The highest BCUT2D eigenvalue weighted by atomic mass is 19.4. The summed E-state index contributed by atoms with van der Waals surface area (Å²) in [5.74, 6) is 0.879. The maximum atomic E-state index is 12.5. The van der Waals surface area contributed by atoms with Gasteiger partial charge in [-0.05, 0) is 24.7 Å². The van der Waals surface area contributed by atoms with Crippen LogP contribution in [0.15, 0.2) is 36.7 Å².